The van der Waals surface area contributed by atoms with Gasteiger partial charge < -0.3 is 14.8 Å². The molecule has 1 heterocycles. The van der Waals surface area contributed by atoms with Gasteiger partial charge in [-0.3, -0.25) is 0 Å². The van der Waals surface area contributed by atoms with Crippen molar-refractivity contribution < 1.29 is 10.2 Å². The highest BCUT2D eigenvalue weighted by Gasteiger charge is 2.30. The maximum atomic E-state index is 9.74. The van der Waals surface area contributed by atoms with Crippen LogP contribution in [-0.4, -0.2) is 26.4 Å². The van der Waals surface area contributed by atoms with Gasteiger partial charge in [0.25, 0.3) is 0 Å². The first-order valence-electron chi connectivity index (χ1n) is 6.84. The lowest BCUT2D eigenvalue weighted by Gasteiger charge is -2.21. The molecule has 0 radical (unpaired) electrons. The largest absolute Gasteiger partial charge is 0.506 e. The molecule has 1 saturated carbocycles. The molecule has 1 aliphatic carbocycles. The molecule has 0 amide bonds. The number of aliphatic hydroxyl groups excluding tert-OH is 1. The number of aliphatic hydroxyl groups is 1. The van der Waals surface area contributed by atoms with E-state index in [2.05, 4.69) is 9.55 Å². The minimum atomic E-state index is 0.0591. The van der Waals surface area contributed by atoms with Gasteiger partial charge in [-0.1, -0.05) is 24.1 Å². The van der Waals surface area contributed by atoms with E-state index in [0.29, 0.717) is 5.02 Å². The van der Waals surface area contributed by atoms with E-state index in [1.165, 1.54) is 0 Å². The van der Waals surface area contributed by atoms with Gasteiger partial charge in [0, 0.05) is 36.5 Å². The Hall–Kier alpha value is -1.52. The Morgan fingerprint density at radius 2 is 2.20 bits per heavy atom. The molecule has 0 spiro atoms. The molecule has 1 aromatic carbocycles. The Labute approximate surface area is 122 Å². The van der Waals surface area contributed by atoms with Crippen LogP contribution < -0.4 is 0 Å². The summed E-state index contributed by atoms with van der Waals surface area (Å²) in [5.74, 6) is 1.07. The van der Waals surface area contributed by atoms with Crippen LogP contribution in [0.1, 0.15) is 25.3 Å². The van der Waals surface area contributed by atoms with E-state index in [-0.39, 0.29) is 24.3 Å². The van der Waals surface area contributed by atoms with Crippen molar-refractivity contribution in [2.45, 2.75) is 25.3 Å². The molecule has 0 saturated heterocycles. The average molecular weight is 293 g/mol. The van der Waals surface area contributed by atoms with Crippen molar-refractivity contribution in [3.8, 4) is 17.1 Å². The van der Waals surface area contributed by atoms with Gasteiger partial charge in [-0.25, -0.2) is 4.98 Å². The van der Waals surface area contributed by atoms with Gasteiger partial charge >= 0.3 is 0 Å². The predicted octanol–water partition coefficient (Wildman–Crippen LogP) is 3.24. The number of hydrogen-bond donors (Lipinski definition) is 2. The van der Waals surface area contributed by atoms with Gasteiger partial charge in [-0.2, -0.15) is 0 Å². The second-order valence-corrected chi connectivity index (χ2v) is 5.62. The minimum Gasteiger partial charge on any atom is -0.506 e. The number of imidazole rings is 1. The fourth-order valence-corrected chi connectivity index (χ4v) is 3.29. The molecule has 20 heavy (non-hydrogen) atoms. The second kappa shape index (κ2) is 5.46. The molecule has 2 N–H and O–H groups in total. The molecule has 1 aliphatic rings. The summed E-state index contributed by atoms with van der Waals surface area (Å²) in [6.07, 6.45) is 6.84. The molecule has 2 atom stereocenters. The summed E-state index contributed by atoms with van der Waals surface area (Å²) in [5.41, 5.74) is 0.722. The maximum Gasteiger partial charge on any atom is 0.141 e. The van der Waals surface area contributed by atoms with Gasteiger partial charge in [0.2, 0.25) is 0 Å². The van der Waals surface area contributed by atoms with Gasteiger partial charge in [0.15, 0.2) is 0 Å². The molecule has 4 nitrogen and oxygen atoms in total. The Bertz CT molecular complexity index is 612. The Morgan fingerprint density at radius 3 is 3.00 bits per heavy atom. The number of phenolic OH excluding ortho intramolecular Hbond substituents is 1. The predicted molar refractivity (Wildman–Crippen MR) is 77.8 cm³/mol. The average Bonchev–Trinajstić information content (AvgIpc) is 3.09. The van der Waals surface area contributed by atoms with Gasteiger partial charge in [0.1, 0.15) is 11.6 Å². The van der Waals surface area contributed by atoms with E-state index in [0.717, 1.165) is 30.7 Å². The molecule has 106 valence electrons. The molecular formula is C15H17ClN2O2. The first kappa shape index (κ1) is 13.5. The van der Waals surface area contributed by atoms with Crippen LogP contribution in [0.15, 0.2) is 30.6 Å². The lowest BCUT2D eigenvalue weighted by Crippen LogP contribution is -2.17. The zero-order valence-corrected chi connectivity index (χ0v) is 11.8. The van der Waals surface area contributed by atoms with Crippen LogP contribution in [0.4, 0.5) is 0 Å². The number of aromatic hydroxyl groups is 1. The van der Waals surface area contributed by atoms with Crippen molar-refractivity contribution in [2.75, 3.05) is 6.61 Å². The third-order valence-corrected chi connectivity index (χ3v) is 4.50. The molecule has 1 fully saturated rings. The molecule has 5 heteroatoms. The Morgan fingerprint density at radius 1 is 1.35 bits per heavy atom. The maximum absolute atomic E-state index is 9.74. The summed E-state index contributed by atoms with van der Waals surface area (Å²) >= 11 is 6.18. The van der Waals surface area contributed by atoms with Crippen molar-refractivity contribution in [2.24, 2.45) is 5.92 Å². The summed E-state index contributed by atoms with van der Waals surface area (Å²) in [6, 6.07) is 5.42. The number of aromatic nitrogens is 2. The number of hydrogen-bond acceptors (Lipinski definition) is 3. The van der Waals surface area contributed by atoms with Gasteiger partial charge in [-0.05, 0) is 25.0 Å². The summed E-state index contributed by atoms with van der Waals surface area (Å²) < 4.78 is 2.08. The van der Waals surface area contributed by atoms with Crippen LogP contribution in [-0.2, 0) is 0 Å². The third kappa shape index (κ3) is 2.19. The van der Waals surface area contributed by atoms with E-state index < -0.39 is 0 Å². The zero-order valence-electron chi connectivity index (χ0n) is 11.0. The standard InChI is InChI=1S/C15H17ClN2O2/c16-14-11(4-2-6-13(14)20)15-17-7-8-18(15)12-5-1-3-10(12)9-19/h2,4,6-8,10,12,19-20H,1,3,5,9H2/t10-,12-/m0/s1. The van der Waals surface area contributed by atoms with E-state index in [4.69, 9.17) is 11.6 Å². The zero-order chi connectivity index (χ0) is 14.1. The first-order valence-corrected chi connectivity index (χ1v) is 7.21. The Kier molecular flexibility index (Phi) is 3.68. The van der Waals surface area contributed by atoms with Crippen LogP contribution in [0.2, 0.25) is 5.02 Å². The normalized spacial score (nSPS) is 22.3. The molecular weight excluding hydrogens is 276 g/mol. The highest BCUT2D eigenvalue weighted by atomic mass is 35.5. The number of rotatable bonds is 3. The number of nitrogens with zero attached hydrogens (tertiary/aromatic N) is 2. The molecule has 3 rings (SSSR count). The lowest BCUT2D eigenvalue weighted by molar-refractivity contribution is 0.196. The second-order valence-electron chi connectivity index (χ2n) is 5.24. The number of phenols is 1. The molecule has 0 bridgehead atoms. The smallest absolute Gasteiger partial charge is 0.141 e. The van der Waals surface area contributed by atoms with Crippen molar-refractivity contribution in [3.05, 3.63) is 35.6 Å². The van der Waals surface area contributed by atoms with Crippen LogP contribution in [0.3, 0.4) is 0 Å². The number of halogens is 1. The summed E-state index contributed by atoms with van der Waals surface area (Å²) in [4.78, 5) is 4.39. The van der Waals surface area contributed by atoms with Gasteiger partial charge in [-0.15, -0.1) is 0 Å². The summed E-state index contributed by atoms with van der Waals surface area (Å²) in [5, 5.41) is 19.6. The highest BCUT2D eigenvalue weighted by Crippen LogP contribution is 2.40. The van der Waals surface area contributed by atoms with Crippen molar-refractivity contribution in [1.29, 1.82) is 0 Å². The molecule has 0 aliphatic heterocycles. The van der Waals surface area contributed by atoms with Crippen LogP contribution in [0, 0.1) is 5.92 Å². The quantitative estimate of drug-likeness (QED) is 0.913. The fraction of sp³-hybridized carbons (Fsp3) is 0.400. The highest BCUT2D eigenvalue weighted by molar-refractivity contribution is 6.34. The fourth-order valence-electron chi connectivity index (χ4n) is 3.08. The first-order chi connectivity index (χ1) is 9.72. The van der Waals surface area contributed by atoms with Gasteiger partial charge in [0.05, 0.1) is 5.02 Å². The van der Waals surface area contributed by atoms with E-state index >= 15 is 0 Å². The molecule has 2 aromatic rings. The van der Waals surface area contributed by atoms with E-state index in [9.17, 15) is 10.2 Å². The number of benzene rings is 1. The van der Waals surface area contributed by atoms with Crippen LogP contribution in [0.5, 0.6) is 5.75 Å². The van der Waals surface area contributed by atoms with E-state index in [1.54, 1.807) is 18.3 Å². The van der Waals surface area contributed by atoms with Crippen molar-refractivity contribution >= 4 is 11.6 Å². The van der Waals surface area contributed by atoms with Crippen molar-refractivity contribution in [3.63, 3.8) is 0 Å². The SMILES string of the molecule is OC[C@@H]1CCC[C@@H]1n1ccnc1-c1cccc(O)c1Cl. The third-order valence-electron chi connectivity index (χ3n) is 4.10. The topological polar surface area (TPSA) is 58.3 Å². The minimum absolute atomic E-state index is 0.0591. The van der Waals surface area contributed by atoms with Crippen LogP contribution >= 0.6 is 11.6 Å². The summed E-state index contributed by atoms with van der Waals surface area (Å²) in [6.45, 7) is 0.191. The van der Waals surface area contributed by atoms with E-state index in [1.807, 2.05) is 12.3 Å². The monoisotopic (exact) mass is 292 g/mol. The Balaban J connectivity index is 2.04. The van der Waals surface area contributed by atoms with Crippen molar-refractivity contribution in [1.82, 2.24) is 9.55 Å². The molecule has 1 aromatic heterocycles. The lowest BCUT2D eigenvalue weighted by atomic mass is 10.0. The van der Waals surface area contributed by atoms with Crippen LogP contribution in [0.25, 0.3) is 11.4 Å². The summed E-state index contributed by atoms with van der Waals surface area (Å²) in [7, 11) is 0. The molecule has 0 unspecified atom stereocenters.